The van der Waals surface area contributed by atoms with Gasteiger partial charge in [0.2, 0.25) is 5.91 Å². The summed E-state index contributed by atoms with van der Waals surface area (Å²) in [4.78, 5) is 24.9. The van der Waals surface area contributed by atoms with Crippen molar-refractivity contribution < 1.29 is 14.7 Å². The molecule has 6 heteroatoms. The van der Waals surface area contributed by atoms with Gasteiger partial charge in [0.05, 0.1) is 5.92 Å². The molecule has 2 rings (SSSR count). The predicted octanol–water partition coefficient (Wildman–Crippen LogP) is 3.36. The van der Waals surface area contributed by atoms with Crippen molar-refractivity contribution in [3.63, 3.8) is 0 Å². The topological polar surface area (TPSA) is 57.6 Å². The van der Waals surface area contributed by atoms with Crippen LogP contribution in [0.25, 0.3) is 0 Å². The smallest absolute Gasteiger partial charge is 0.308 e. The van der Waals surface area contributed by atoms with E-state index in [-0.39, 0.29) is 5.91 Å². The van der Waals surface area contributed by atoms with Gasteiger partial charge in [0.15, 0.2) is 0 Å². The number of aliphatic carboxylic acids is 1. The number of hydrogen-bond donors (Lipinski definition) is 1. The molecule has 1 N–H and O–H groups in total. The van der Waals surface area contributed by atoms with Gasteiger partial charge in [0.1, 0.15) is 0 Å². The number of carbonyl (C=O) groups excluding carboxylic acids is 1. The fourth-order valence-electron chi connectivity index (χ4n) is 2.54. The summed E-state index contributed by atoms with van der Waals surface area (Å²) in [5.41, 5.74) is 0.989. The van der Waals surface area contributed by atoms with Crippen molar-refractivity contribution in [2.24, 2.45) is 5.92 Å². The molecule has 0 spiro atoms. The Morgan fingerprint density at radius 1 is 1.43 bits per heavy atom. The molecular weight excluding hydrogens is 358 g/mol. The molecular formula is C15H17BrClNO3. The first-order valence-corrected chi connectivity index (χ1v) is 8.09. The summed E-state index contributed by atoms with van der Waals surface area (Å²) in [6, 6.07) is 5.50. The predicted molar refractivity (Wildman–Crippen MR) is 84.4 cm³/mol. The van der Waals surface area contributed by atoms with Crippen LogP contribution < -0.4 is 0 Å². The molecule has 1 atom stereocenters. The van der Waals surface area contributed by atoms with Gasteiger partial charge >= 0.3 is 5.97 Å². The van der Waals surface area contributed by atoms with E-state index in [2.05, 4.69) is 15.9 Å². The van der Waals surface area contributed by atoms with Gasteiger partial charge in [0.25, 0.3) is 0 Å². The summed E-state index contributed by atoms with van der Waals surface area (Å²) >= 11 is 9.40. The highest BCUT2D eigenvalue weighted by atomic mass is 79.9. The van der Waals surface area contributed by atoms with Gasteiger partial charge in [-0.05, 0) is 43.0 Å². The summed E-state index contributed by atoms with van der Waals surface area (Å²) in [6.45, 7) is 0.976. The van der Waals surface area contributed by atoms with Crippen LogP contribution in [-0.2, 0) is 16.0 Å². The first-order valence-electron chi connectivity index (χ1n) is 6.92. The van der Waals surface area contributed by atoms with E-state index in [4.69, 9.17) is 16.7 Å². The Bertz CT molecular complexity index is 550. The monoisotopic (exact) mass is 373 g/mol. The van der Waals surface area contributed by atoms with Crippen molar-refractivity contribution in [1.82, 2.24) is 4.90 Å². The van der Waals surface area contributed by atoms with Gasteiger partial charge in [-0.2, -0.15) is 0 Å². The van der Waals surface area contributed by atoms with E-state index in [0.717, 1.165) is 16.5 Å². The van der Waals surface area contributed by atoms with Crippen LogP contribution in [0.2, 0.25) is 5.02 Å². The lowest BCUT2D eigenvalue weighted by molar-refractivity contribution is -0.145. The summed E-state index contributed by atoms with van der Waals surface area (Å²) in [5.74, 6) is -1.24. The lowest BCUT2D eigenvalue weighted by Gasteiger charge is -2.30. The summed E-state index contributed by atoms with van der Waals surface area (Å²) in [5, 5.41) is 9.70. The maximum Gasteiger partial charge on any atom is 0.308 e. The number of likely N-dealkylation sites (tertiary alicyclic amines) is 1. The van der Waals surface area contributed by atoms with Crippen molar-refractivity contribution in [2.45, 2.75) is 25.7 Å². The molecule has 4 nitrogen and oxygen atoms in total. The molecule has 1 fully saturated rings. The van der Waals surface area contributed by atoms with Crippen LogP contribution in [0.15, 0.2) is 22.7 Å². The zero-order chi connectivity index (χ0) is 15.4. The van der Waals surface area contributed by atoms with Gasteiger partial charge in [-0.3, -0.25) is 9.59 Å². The van der Waals surface area contributed by atoms with Gasteiger partial charge in [-0.25, -0.2) is 0 Å². The number of carboxylic acids is 1. The Morgan fingerprint density at radius 3 is 2.90 bits per heavy atom. The maximum absolute atomic E-state index is 12.2. The van der Waals surface area contributed by atoms with E-state index in [1.54, 1.807) is 11.0 Å². The van der Waals surface area contributed by atoms with Crippen LogP contribution in [-0.4, -0.2) is 35.0 Å². The number of piperidine rings is 1. The number of halogens is 2. The highest BCUT2D eigenvalue weighted by Crippen LogP contribution is 2.23. The van der Waals surface area contributed by atoms with Crippen LogP contribution in [0.3, 0.4) is 0 Å². The Kier molecular flexibility index (Phi) is 5.65. The van der Waals surface area contributed by atoms with E-state index in [0.29, 0.717) is 37.4 Å². The molecule has 0 aromatic heterocycles. The van der Waals surface area contributed by atoms with E-state index in [9.17, 15) is 9.59 Å². The van der Waals surface area contributed by atoms with Gasteiger partial charge in [-0.1, -0.05) is 27.5 Å². The van der Waals surface area contributed by atoms with Crippen LogP contribution in [0.4, 0.5) is 0 Å². The van der Waals surface area contributed by atoms with Crippen LogP contribution in [0, 0.1) is 5.92 Å². The molecule has 1 saturated heterocycles. The van der Waals surface area contributed by atoms with E-state index >= 15 is 0 Å². The van der Waals surface area contributed by atoms with Gasteiger partial charge in [-0.15, -0.1) is 0 Å². The minimum Gasteiger partial charge on any atom is -0.481 e. The minimum atomic E-state index is -0.815. The number of carboxylic acid groups (broad SMARTS) is 1. The molecule has 0 bridgehead atoms. The average molecular weight is 375 g/mol. The lowest BCUT2D eigenvalue weighted by Crippen LogP contribution is -2.42. The number of aryl methyl sites for hydroxylation is 1. The second-order valence-electron chi connectivity index (χ2n) is 5.25. The standard InChI is InChI=1S/C15H17BrClNO3/c16-13-5-4-12(17)8-10(13)3-6-14(19)18-7-1-2-11(9-18)15(20)21/h4-5,8,11H,1-3,6-7,9H2,(H,20,21)/t11-/m0/s1. The minimum absolute atomic E-state index is 0.00725. The zero-order valence-corrected chi connectivity index (χ0v) is 13.9. The fraction of sp³-hybridized carbons (Fsp3) is 0.467. The molecule has 0 aliphatic carbocycles. The lowest BCUT2D eigenvalue weighted by atomic mass is 9.97. The highest BCUT2D eigenvalue weighted by Gasteiger charge is 2.27. The zero-order valence-electron chi connectivity index (χ0n) is 11.5. The Morgan fingerprint density at radius 2 is 2.19 bits per heavy atom. The molecule has 1 aromatic rings. The number of rotatable bonds is 4. The third-order valence-corrected chi connectivity index (χ3v) is 4.75. The van der Waals surface area contributed by atoms with Crippen LogP contribution in [0.1, 0.15) is 24.8 Å². The van der Waals surface area contributed by atoms with Crippen molar-refractivity contribution in [2.75, 3.05) is 13.1 Å². The van der Waals surface area contributed by atoms with Gasteiger partial charge in [0, 0.05) is 29.0 Å². The molecule has 0 radical (unpaired) electrons. The van der Waals surface area contributed by atoms with E-state index in [1.165, 1.54) is 0 Å². The molecule has 1 aliphatic rings. The Hall–Kier alpha value is -1.07. The van der Waals surface area contributed by atoms with Crippen molar-refractivity contribution in [3.05, 3.63) is 33.3 Å². The van der Waals surface area contributed by atoms with Crippen LogP contribution >= 0.6 is 27.5 Å². The van der Waals surface area contributed by atoms with Crippen molar-refractivity contribution in [1.29, 1.82) is 0 Å². The summed E-state index contributed by atoms with van der Waals surface area (Å²) in [7, 11) is 0. The summed E-state index contributed by atoms with van der Waals surface area (Å²) < 4.78 is 0.932. The molecule has 114 valence electrons. The number of nitrogens with zero attached hydrogens (tertiary/aromatic N) is 1. The second-order valence-corrected chi connectivity index (χ2v) is 6.54. The molecule has 1 heterocycles. The first-order chi connectivity index (χ1) is 9.97. The SMILES string of the molecule is O=C(O)[C@H]1CCCN(C(=O)CCc2cc(Cl)ccc2Br)C1. The number of carbonyl (C=O) groups is 2. The molecule has 1 aliphatic heterocycles. The van der Waals surface area contributed by atoms with Crippen molar-refractivity contribution in [3.8, 4) is 0 Å². The van der Waals surface area contributed by atoms with Crippen LogP contribution in [0.5, 0.6) is 0 Å². The number of benzene rings is 1. The molecule has 0 saturated carbocycles. The third kappa shape index (κ3) is 4.45. The number of amides is 1. The molecule has 0 unspecified atom stereocenters. The maximum atomic E-state index is 12.2. The normalized spacial score (nSPS) is 18.6. The number of hydrogen-bond acceptors (Lipinski definition) is 2. The fourth-order valence-corrected chi connectivity index (χ4v) is 3.18. The first kappa shape index (κ1) is 16.3. The Labute approximate surface area is 137 Å². The average Bonchev–Trinajstić information content (AvgIpc) is 2.48. The van der Waals surface area contributed by atoms with E-state index < -0.39 is 11.9 Å². The quantitative estimate of drug-likeness (QED) is 0.879. The van der Waals surface area contributed by atoms with Gasteiger partial charge < -0.3 is 10.0 Å². The molecule has 1 amide bonds. The molecule has 21 heavy (non-hydrogen) atoms. The van der Waals surface area contributed by atoms with Crippen molar-refractivity contribution >= 4 is 39.4 Å². The largest absolute Gasteiger partial charge is 0.481 e. The van der Waals surface area contributed by atoms with E-state index in [1.807, 2.05) is 12.1 Å². The summed E-state index contributed by atoms with van der Waals surface area (Å²) in [6.07, 6.45) is 2.36. The highest BCUT2D eigenvalue weighted by molar-refractivity contribution is 9.10. The third-order valence-electron chi connectivity index (χ3n) is 3.74. The molecule has 1 aromatic carbocycles. The Balaban J connectivity index is 1.92. The second kappa shape index (κ2) is 7.27.